The van der Waals surface area contributed by atoms with E-state index in [1.54, 1.807) is 9.13 Å². The van der Waals surface area contributed by atoms with Crippen molar-refractivity contribution >= 4 is 17.0 Å². The summed E-state index contributed by atoms with van der Waals surface area (Å²) in [6, 6.07) is 3.04. The molecule has 0 amide bonds. The summed E-state index contributed by atoms with van der Waals surface area (Å²) in [4.78, 5) is 22.9. The topological polar surface area (TPSA) is 88.1 Å². The van der Waals surface area contributed by atoms with Crippen LogP contribution in [0.4, 0.5) is 0 Å². The zero-order chi connectivity index (χ0) is 12.2. The molecule has 0 saturated carbocycles. The first-order chi connectivity index (χ1) is 8.09. The minimum atomic E-state index is -1.21. The van der Waals surface area contributed by atoms with Crippen LogP contribution in [0.25, 0.3) is 11.0 Å². The van der Waals surface area contributed by atoms with E-state index in [1.165, 1.54) is 18.3 Å². The molecular weight excluding hydrogens is 222 g/mol. The molecule has 0 bridgehead atoms. The van der Waals surface area contributed by atoms with Gasteiger partial charge in [0.25, 0.3) is 0 Å². The normalized spacial score (nSPS) is 13.2. The van der Waals surface area contributed by atoms with Gasteiger partial charge in [-0.3, -0.25) is 10.2 Å². The van der Waals surface area contributed by atoms with Crippen LogP contribution in [0.15, 0.2) is 23.1 Å². The van der Waals surface area contributed by atoms with E-state index >= 15 is 0 Å². The van der Waals surface area contributed by atoms with Crippen LogP contribution in [-0.4, -0.2) is 20.2 Å². The van der Waals surface area contributed by atoms with Crippen molar-refractivity contribution in [3.63, 3.8) is 0 Å². The Bertz CT molecular complexity index is 770. The first-order valence-corrected chi connectivity index (χ1v) is 5.14. The summed E-state index contributed by atoms with van der Waals surface area (Å²) in [5.41, 5.74) is 0.252. The molecule has 0 unspecified atom stereocenters. The SMILES string of the molecule is N=c1ccc2c(=O)c(C(=O)O)cn3c2n1CC3. The molecule has 2 aromatic rings. The molecule has 3 rings (SSSR count). The summed E-state index contributed by atoms with van der Waals surface area (Å²) in [5, 5.41) is 17.0. The van der Waals surface area contributed by atoms with E-state index in [9.17, 15) is 9.59 Å². The molecule has 3 heterocycles. The number of pyridine rings is 2. The van der Waals surface area contributed by atoms with Gasteiger partial charge < -0.3 is 14.2 Å². The third-order valence-electron chi connectivity index (χ3n) is 3.04. The highest BCUT2D eigenvalue weighted by molar-refractivity contribution is 5.91. The Morgan fingerprint density at radius 3 is 2.82 bits per heavy atom. The van der Waals surface area contributed by atoms with Crippen molar-refractivity contribution in [1.29, 1.82) is 5.41 Å². The Morgan fingerprint density at radius 2 is 2.12 bits per heavy atom. The lowest BCUT2D eigenvalue weighted by Crippen LogP contribution is -2.21. The molecule has 0 aliphatic carbocycles. The molecule has 0 saturated heterocycles. The van der Waals surface area contributed by atoms with Crippen LogP contribution in [0, 0.1) is 5.41 Å². The van der Waals surface area contributed by atoms with Crippen LogP contribution in [0.3, 0.4) is 0 Å². The highest BCUT2D eigenvalue weighted by Crippen LogP contribution is 2.15. The molecule has 0 atom stereocenters. The number of carbonyl (C=O) groups is 1. The second kappa shape index (κ2) is 3.07. The molecule has 6 nitrogen and oxygen atoms in total. The Hall–Kier alpha value is -2.37. The van der Waals surface area contributed by atoms with Gasteiger partial charge in [-0.05, 0) is 12.1 Å². The molecule has 0 fully saturated rings. The van der Waals surface area contributed by atoms with Gasteiger partial charge in [0.05, 0.1) is 5.39 Å². The van der Waals surface area contributed by atoms with E-state index in [0.29, 0.717) is 29.6 Å². The average molecular weight is 231 g/mol. The third kappa shape index (κ3) is 1.17. The fourth-order valence-corrected chi connectivity index (χ4v) is 2.25. The monoisotopic (exact) mass is 231 g/mol. The van der Waals surface area contributed by atoms with Gasteiger partial charge in [-0.25, -0.2) is 4.79 Å². The molecule has 1 aliphatic heterocycles. The summed E-state index contributed by atoms with van der Waals surface area (Å²) in [7, 11) is 0. The Kier molecular flexibility index (Phi) is 1.77. The number of carboxylic acids is 1. The van der Waals surface area contributed by atoms with Crippen LogP contribution >= 0.6 is 0 Å². The zero-order valence-electron chi connectivity index (χ0n) is 8.80. The predicted octanol–water partition coefficient (Wildman–Crippen LogP) is -0.00573. The van der Waals surface area contributed by atoms with Gasteiger partial charge in [0.2, 0.25) is 5.43 Å². The summed E-state index contributed by atoms with van der Waals surface area (Å²) < 4.78 is 3.43. The molecule has 2 N–H and O–H groups in total. The Morgan fingerprint density at radius 1 is 1.35 bits per heavy atom. The van der Waals surface area contributed by atoms with Gasteiger partial charge in [-0.2, -0.15) is 0 Å². The maximum absolute atomic E-state index is 11.9. The van der Waals surface area contributed by atoms with Crippen LogP contribution in [0.5, 0.6) is 0 Å². The smallest absolute Gasteiger partial charge is 0.341 e. The van der Waals surface area contributed by atoms with Crippen molar-refractivity contribution in [3.05, 3.63) is 39.6 Å². The van der Waals surface area contributed by atoms with Crippen molar-refractivity contribution < 1.29 is 9.90 Å². The molecule has 0 radical (unpaired) electrons. The second-order valence-corrected chi connectivity index (χ2v) is 3.98. The zero-order valence-corrected chi connectivity index (χ0v) is 8.80. The number of rotatable bonds is 1. The van der Waals surface area contributed by atoms with Crippen LogP contribution < -0.4 is 10.9 Å². The number of aryl methyl sites for hydroxylation is 2. The maximum Gasteiger partial charge on any atom is 0.341 e. The van der Waals surface area contributed by atoms with Crippen LogP contribution in [0.1, 0.15) is 10.4 Å². The van der Waals surface area contributed by atoms with Crippen molar-refractivity contribution in [2.75, 3.05) is 0 Å². The lowest BCUT2D eigenvalue weighted by molar-refractivity contribution is 0.0695. The quantitative estimate of drug-likeness (QED) is 0.723. The second-order valence-electron chi connectivity index (χ2n) is 3.98. The standard InChI is InChI=1S/C11H9N3O3/c12-8-2-1-6-9(15)7(11(16)17)5-13-3-4-14(8)10(6)13/h1-2,5,12H,3-4H2,(H,16,17). The summed E-state index contributed by atoms with van der Waals surface area (Å²) in [5.74, 6) is -1.21. The highest BCUT2D eigenvalue weighted by Gasteiger charge is 2.19. The van der Waals surface area contributed by atoms with E-state index in [4.69, 9.17) is 10.5 Å². The molecule has 0 aromatic carbocycles. The fraction of sp³-hybridized carbons (Fsp3) is 0.182. The molecule has 1 aliphatic rings. The first kappa shape index (κ1) is 9.83. The Balaban J connectivity index is 2.58. The van der Waals surface area contributed by atoms with Gasteiger partial charge in [0.1, 0.15) is 16.7 Å². The fourth-order valence-electron chi connectivity index (χ4n) is 2.25. The molecule has 86 valence electrons. The average Bonchev–Trinajstić information content (AvgIpc) is 2.70. The van der Waals surface area contributed by atoms with E-state index < -0.39 is 11.4 Å². The molecule has 0 spiro atoms. The number of aromatic nitrogens is 2. The van der Waals surface area contributed by atoms with Gasteiger partial charge in [-0.1, -0.05) is 0 Å². The van der Waals surface area contributed by atoms with E-state index in [0.717, 1.165) is 0 Å². The van der Waals surface area contributed by atoms with E-state index in [-0.39, 0.29) is 5.56 Å². The van der Waals surface area contributed by atoms with Gasteiger partial charge in [0.15, 0.2) is 0 Å². The third-order valence-corrected chi connectivity index (χ3v) is 3.04. The van der Waals surface area contributed by atoms with Crippen molar-refractivity contribution in [2.45, 2.75) is 13.1 Å². The number of aromatic carboxylic acids is 1. The minimum absolute atomic E-state index is 0.219. The number of carboxylic acid groups (broad SMARTS) is 1. The molecule has 2 aromatic heterocycles. The predicted molar refractivity (Wildman–Crippen MR) is 59.0 cm³/mol. The highest BCUT2D eigenvalue weighted by atomic mass is 16.4. The number of nitrogens with zero attached hydrogens (tertiary/aromatic N) is 2. The lowest BCUT2D eigenvalue weighted by atomic mass is 10.2. The minimum Gasteiger partial charge on any atom is -0.477 e. The van der Waals surface area contributed by atoms with Crippen molar-refractivity contribution in [3.8, 4) is 0 Å². The molecule has 17 heavy (non-hydrogen) atoms. The van der Waals surface area contributed by atoms with E-state index in [2.05, 4.69) is 0 Å². The number of nitrogens with one attached hydrogen (secondary N) is 1. The van der Waals surface area contributed by atoms with Gasteiger partial charge in [-0.15, -0.1) is 0 Å². The van der Waals surface area contributed by atoms with Gasteiger partial charge in [0, 0.05) is 19.3 Å². The van der Waals surface area contributed by atoms with E-state index in [1.807, 2.05) is 0 Å². The maximum atomic E-state index is 11.9. The molecular formula is C11H9N3O3. The van der Waals surface area contributed by atoms with Crippen LogP contribution in [-0.2, 0) is 13.1 Å². The summed E-state index contributed by atoms with van der Waals surface area (Å²) in [6.45, 7) is 1.19. The number of hydrogen-bond donors (Lipinski definition) is 2. The summed E-state index contributed by atoms with van der Waals surface area (Å²) >= 11 is 0. The number of hydrogen-bond acceptors (Lipinski definition) is 3. The summed E-state index contributed by atoms with van der Waals surface area (Å²) in [6.07, 6.45) is 1.36. The lowest BCUT2D eigenvalue weighted by Gasteiger charge is -2.06. The largest absolute Gasteiger partial charge is 0.477 e. The first-order valence-electron chi connectivity index (χ1n) is 5.14. The van der Waals surface area contributed by atoms with Crippen LogP contribution in [0.2, 0.25) is 0 Å². The Labute approximate surface area is 94.9 Å². The van der Waals surface area contributed by atoms with Crippen molar-refractivity contribution in [1.82, 2.24) is 9.13 Å². The van der Waals surface area contributed by atoms with Gasteiger partial charge >= 0.3 is 5.97 Å². The van der Waals surface area contributed by atoms with Crippen molar-refractivity contribution in [2.24, 2.45) is 0 Å². The molecule has 6 heteroatoms.